The number of rotatable bonds is 3. The number of nitrogens with one attached hydrogen (secondary N) is 2. The Kier molecular flexibility index (Phi) is 3.21. The Morgan fingerprint density at radius 3 is 3.16 bits per heavy atom. The van der Waals surface area contributed by atoms with E-state index < -0.39 is 0 Å². The molecule has 2 aromatic rings. The molecule has 2 atom stereocenters. The van der Waals surface area contributed by atoms with Gasteiger partial charge in [-0.15, -0.1) is 0 Å². The van der Waals surface area contributed by atoms with Crippen LogP contribution in [0.4, 0.5) is 0 Å². The summed E-state index contributed by atoms with van der Waals surface area (Å²) in [5, 5.41) is 20.3. The van der Waals surface area contributed by atoms with Crippen LogP contribution in [-0.4, -0.2) is 33.9 Å². The Morgan fingerprint density at radius 2 is 2.37 bits per heavy atom. The van der Waals surface area contributed by atoms with Crippen molar-refractivity contribution in [3.8, 4) is 0 Å². The molecule has 1 amide bonds. The molecule has 0 saturated heterocycles. The van der Waals surface area contributed by atoms with Crippen LogP contribution in [0.5, 0.6) is 0 Å². The topological polar surface area (TPSA) is 78.0 Å². The van der Waals surface area contributed by atoms with Crippen LogP contribution in [0.1, 0.15) is 29.6 Å². The molecule has 1 aromatic heterocycles. The highest BCUT2D eigenvalue weighted by Gasteiger charge is 2.25. The van der Waals surface area contributed by atoms with Gasteiger partial charge in [0, 0.05) is 23.4 Å². The van der Waals surface area contributed by atoms with Crippen molar-refractivity contribution in [2.75, 3.05) is 6.54 Å². The van der Waals surface area contributed by atoms with Gasteiger partial charge in [-0.25, -0.2) is 0 Å². The second-order valence-corrected chi connectivity index (χ2v) is 5.14. The summed E-state index contributed by atoms with van der Waals surface area (Å²) in [6.45, 7) is 0.545. The van der Waals surface area contributed by atoms with E-state index in [0.29, 0.717) is 12.1 Å². The fourth-order valence-corrected chi connectivity index (χ4v) is 2.67. The molecule has 0 radical (unpaired) electrons. The maximum absolute atomic E-state index is 12.1. The van der Waals surface area contributed by atoms with Crippen LogP contribution in [0.3, 0.4) is 0 Å². The van der Waals surface area contributed by atoms with Gasteiger partial charge >= 0.3 is 0 Å². The summed E-state index contributed by atoms with van der Waals surface area (Å²) >= 11 is 0. The molecule has 1 heterocycles. The van der Waals surface area contributed by atoms with Crippen LogP contribution in [-0.2, 0) is 0 Å². The van der Waals surface area contributed by atoms with E-state index in [-0.39, 0.29) is 17.9 Å². The molecule has 5 heteroatoms. The maximum atomic E-state index is 12.1. The van der Waals surface area contributed by atoms with Gasteiger partial charge in [0.2, 0.25) is 0 Å². The number of fused-ring (bicyclic) bond motifs is 1. The van der Waals surface area contributed by atoms with Gasteiger partial charge in [0.1, 0.15) is 0 Å². The summed E-state index contributed by atoms with van der Waals surface area (Å²) in [6.07, 6.45) is 4.32. The number of nitrogens with zero attached hydrogens (tertiary/aromatic N) is 1. The number of hydrogen-bond donors (Lipinski definition) is 3. The predicted octanol–water partition coefficient (Wildman–Crippen LogP) is 1.45. The third-order valence-corrected chi connectivity index (χ3v) is 3.85. The van der Waals surface area contributed by atoms with Crippen molar-refractivity contribution in [3.63, 3.8) is 0 Å². The first-order valence-electron chi connectivity index (χ1n) is 6.63. The summed E-state index contributed by atoms with van der Waals surface area (Å²) in [5.74, 6) is 0.101. The first-order valence-corrected chi connectivity index (χ1v) is 6.63. The molecule has 1 aromatic carbocycles. The highest BCUT2D eigenvalue weighted by molar-refractivity contribution is 5.97. The van der Waals surface area contributed by atoms with Gasteiger partial charge < -0.3 is 10.4 Å². The summed E-state index contributed by atoms with van der Waals surface area (Å²) in [6, 6.07) is 5.45. The quantitative estimate of drug-likeness (QED) is 0.780. The van der Waals surface area contributed by atoms with Crippen LogP contribution in [0.15, 0.2) is 24.4 Å². The predicted molar refractivity (Wildman–Crippen MR) is 71.8 cm³/mol. The summed E-state index contributed by atoms with van der Waals surface area (Å²) < 4.78 is 0. The lowest BCUT2D eigenvalue weighted by Gasteiger charge is -2.15. The van der Waals surface area contributed by atoms with Crippen LogP contribution in [0, 0.1) is 5.92 Å². The van der Waals surface area contributed by atoms with Gasteiger partial charge in [-0.05, 0) is 31.0 Å². The first-order chi connectivity index (χ1) is 9.24. The molecule has 1 fully saturated rings. The van der Waals surface area contributed by atoms with Crippen molar-refractivity contribution in [2.45, 2.75) is 25.4 Å². The molecule has 0 bridgehead atoms. The maximum Gasteiger partial charge on any atom is 0.251 e. The van der Waals surface area contributed by atoms with E-state index in [1.54, 1.807) is 12.3 Å². The first kappa shape index (κ1) is 12.2. The molecule has 5 nitrogen and oxygen atoms in total. The van der Waals surface area contributed by atoms with Crippen LogP contribution >= 0.6 is 0 Å². The number of benzene rings is 1. The highest BCUT2D eigenvalue weighted by atomic mass is 16.3. The van der Waals surface area contributed by atoms with Gasteiger partial charge in [-0.1, -0.05) is 6.42 Å². The van der Waals surface area contributed by atoms with Gasteiger partial charge in [0.05, 0.1) is 17.8 Å². The van der Waals surface area contributed by atoms with E-state index in [2.05, 4.69) is 15.5 Å². The molecule has 3 N–H and O–H groups in total. The van der Waals surface area contributed by atoms with E-state index in [0.717, 1.165) is 30.2 Å². The lowest BCUT2D eigenvalue weighted by Crippen LogP contribution is -2.32. The third kappa shape index (κ3) is 2.46. The third-order valence-electron chi connectivity index (χ3n) is 3.85. The average molecular weight is 259 g/mol. The lowest BCUT2D eigenvalue weighted by atomic mass is 10.1. The summed E-state index contributed by atoms with van der Waals surface area (Å²) in [5.41, 5.74) is 1.55. The molecule has 0 spiro atoms. The fraction of sp³-hybridized carbons (Fsp3) is 0.429. The van der Waals surface area contributed by atoms with Crippen molar-refractivity contribution in [3.05, 3.63) is 30.0 Å². The Morgan fingerprint density at radius 1 is 1.47 bits per heavy atom. The summed E-state index contributed by atoms with van der Waals surface area (Å²) in [7, 11) is 0. The lowest BCUT2D eigenvalue weighted by molar-refractivity contribution is 0.0917. The monoisotopic (exact) mass is 259 g/mol. The van der Waals surface area contributed by atoms with Gasteiger partial charge in [-0.3, -0.25) is 9.89 Å². The Bertz CT molecular complexity index is 593. The minimum absolute atomic E-state index is 0.0952. The average Bonchev–Trinajstić information content (AvgIpc) is 3.03. The zero-order valence-corrected chi connectivity index (χ0v) is 10.6. The molecule has 1 aliphatic rings. The zero-order chi connectivity index (χ0) is 13.2. The number of amides is 1. The smallest absolute Gasteiger partial charge is 0.251 e. The van der Waals surface area contributed by atoms with Crippen molar-refractivity contribution < 1.29 is 9.90 Å². The largest absolute Gasteiger partial charge is 0.393 e. The van der Waals surface area contributed by atoms with Crippen LogP contribution in [0.25, 0.3) is 10.9 Å². The van der Waals surface area contributed by atoms with Gasteiger partial charge in [0.15, 0.2) is 0 Å². The Hall–Kier alpha value is -1.88. The van der Waals surface area contributed by atoms with E-state index in [9.17, 15) is 9.90 Å². The van der Waals surface area contributed by atoms with Crippen molar-refractivity contribution in [1.82, 2.24) is 15.5 Å². The van der Waals surface area contributed by atoms with E-state index in [4.69, 9.17) is 0 Å². The number of aromatic nitrogens is 2. The van der Waals surface area contributed by atoms with E-state index in [1.807, 2.05) is 12.1 Å². The molecule has 2 unspecified atom stereocenters. The van der Waals surface area contributed by atoms with Gasteiger partial charge in [0.25, 0.3) is 5.91 Å². The standard InChI is InChI=1S/C14H17N3O2/c18-13-3-1-2-10(13)7-15-14(19)9-4-5-12-11(6-9)8-16-17-12/h4-6,8,10,13,18H,1-3,7H2,(H,15,19)(H,16,17). The zero-order valence-electron chi connectivity index (χ0n) is 10.6. The normalized spacial score (nSPS) is 22.8. The SMILES string of the molecule is O=C(NCC1CCCC1O)c1ccc2[nH]ncc2c1. The highest BCUT2D eigenvalue weighted by Crippen LogP contribution is 2.24. The van der Waals surface area contributed by atoms with E-state index >= 15 is 0 Å². The van der Waals surface area contributed by atoms with Gasteiger partial charge in [-0.2, -0.15) is 5.10 Å². The Labute approximate surface area is 111 Å². The van der Waals surface area contributed by atoms with Crippen LogP contribution in [0.2, 0.25) is 0 Å². The molecule has 0 aliphatic heterocycles. The molecular weight excluding hydrogens is 242 g/mol. The number of carbonyl (C=O) groups excluding carboxylic acids is 1. The Balaban J connectivity index is 1.66. The second kappa shape index (κ2) is 5.01. The number of H-pyrrole nitrogens is 1. The number of aliphatic hydroxyl groups excluding tert-OH is 1. The molecule has 1 saturated carbocycles. The molecule has 1 aliphatic carbocycles. The van der Waals surface area contributed by atoms with Crippen LogP contribution < -0.4 is 5.32 Å². The molecular formula is C14H17N3O2. The summed E-state index contributed by atoms with van der Waals surface area (Å²) in [4.78, 5) is 12.1. The molecule has 100 valence electrons. The second-order valence-electron chi connectivity index (χ2n) is 5.14. The number of carbonyl (C=O) groups is 1. The van der Waals surface area contributed by atoms with E-state index in [1.165, 1.54) is 0 Å². The number of aromatic amines is 1. The molecule has 3 rings (SSSR count). The fourth-order valence-electron chi connectivity index (χ4n) is 2.67. The minimum atomic E-state index is -0.267. The minimum Gasteiger partial charge on any atom is -0.393 e. The molecule has 19 heavy (non-hydrogen) atoms. The van der Waals surface area contributed by atoms with Crippen molar-refractivity contribution in [2.24, 2.45) is 5.92 Å². The van der Waals surface area contributed by atoms with Crippen molar-refractivity contribution >= 4 is 16.8 Å². The number of aliphatic hydroxyl groups is 1. The number of hydrogen-bond acceptors (Lipinski definition) is 3. The van der Waals surface area contributed by atoms with Crippen molar-refractivity contribution in [1.29, 1.82) is 0 Å².